The molecule has 0 spiro atoms. The number of ether oxygens (including phenoxy) is 1. The van der Waals surface area contributed by atoms with Crippen LogP contribution in [-0.4, -0.2) is 30.0 Å². The summed E-state index contributed by atoms with van der Waals surface area (Å²) in [7, 11) is 0. The van der Waals surface area contributed by atoms with Gasteiger partial charge in [-0.05, 0) is 18.9 Å². The van der Waals surface area contributed by atoms with E-state index in [1.54, 1.807) is 0 Å². The summed E-state index contributed by atoms with van der Waals surface area (Å²) in [5.41, 5.74) is -1.79. The third kappa shape index (κ3) is 3.78. The molecule has 0 bridgehead atoms. The highest BCUT2D eigenvalue weighted by molar-refractivity contribution is 6.06. The van der Waals surface area contributed by atoms with Crippen molar-refractivity contribution in [1.82, 2.24) is 10.3 Å². The first-order valence-corrected chi connectivity index (χ1v) is 6.33. The summed E-state index contributed by atoms with van der Waals surface area (Å²) in [5.74, 6) is -2.25. The first kappa shape index (κ1) is 15.4. The van der Waals surface area contributed by atoms with Gasteiger partial charge in [0.2, 0.25) is 5.91 Å². The van der Waals surface area contributed by atoms with Gasteiger partial charge < -0.3 is 4.74 Å². The summed E-state index contributed by atoms with van der Waals surface area (Å²) in [5, 5.41) is 1.98. The minimum absolute atomic E-state index is 0.165. The largest absolute Gasteiger partial charge is 0.417 e. The number of imide groups is 1. The summed E-state index contributed by atoms with van der Waals surface area (Å²) >= 11 is 0. The molecule has 0 aromatic carbocycles. The molecule has 1 aliphatic rings. The third-order valence-electron chi connectivity index (χ3n) is 3.14. The second-order valence-corrected chi connectivity index (χ2v) is 4.65. The summed E-state index contributed by atoms with van der Waals surface area (Å²) in [6.45, 7) is 0.705. The predicted molar refractivity (Wildman–Crippen MR) is 65.3 cm³/mol. The number of halogens is 3. The normalized spacial score (nSPS) is 19.1. The summed E-state index contributed by atoms with van der Waals surface area (Å²) in [4.78, 5) is 27.2. The molecule has 1 aromatic rings. The number of hydrogen-bond acceptors (Lipinski definition) is 4. The van der Waals surface area contributed by atoms with Crippen LogP contribution in [0.15, 0.2) is 18.5 Å². The zero-order valence-corrected chi connectivity index (χ0v) is 10.9. The van der Waals surface area contributed by atoms with Crippen molar-refractivity contribution in [3.05, 3.63) is 29.6 Å². The Morgan fingerprint density at radius 3 is 2.76 bits per heavy atom. The Kier molecular flexibility index (Phi) is 4.56. The van der Waals surface area contributed by atoms with Crippen molar-refractivity contribution in [2.24, 2.45) is 5.92 Å². The van der Waals surface area contributed by atoms with Crippen LogP contribution in [-0.2, 0) is 15.7 Å². The standard InChI is InChI=1S/C13H13F3N2O3/c14-13(15,16)10-3-4-17-6-9(10)12(20)18-11(19)8-2-1-5-21-7-8/h3-4,6,8H,1-2,5,7H2,(H,18,19,20). The third-order valence-corrected chi connectivity index (χ3v) is 3.14. The number of carbonyl (C=O) groups excluding carboxylic acids is 2. The topological polar surface area (TPSA) is 68.3 Å². The SMILES string of the molecule is O=C(NC(=O)C1CCCOC1)c1cnccc1C(F)(F)F. The van der Waals surface area contributed by atoms with Gasteiger partial charge in [-0.1, -0.05) is 0 Å². The first-order valence-electron chi connectivity index (χ1n) is 6.33. The highest BCUT2D eigenvalue weighted by Crippen LogP contribution is 2.31. The van der Waals surface area contributed by atoms with Crippen LogP contribution >= 0.6 is 0 Å². The molecule has 0 saturated carbocycles. The van der Waals surface area contributed by atoms with Crippen molar-refractivity contribution in [2.45, 2.75) is 19.0 Å². The fourth-order valence-electron chi connectivity index (χ4n) is 2.05. The quantitative estimate of drug-likeness (QED) is 0.846. The molecule has 5 nitrogen and oxygen atoms in total. The second-order valence-electron chi connectivity index (χ2n) is 4.65. The molecule has 1 N–H and O–H groups in total. The van der Waals surface area contributed by atoms with Crippen molar-refractivity contribution in [1.29, 1.82) is 0 Å². The minimum Gasteiger partial charge on any atom is -0.381 e. The molecule has 2 heterocycles. The lowest BCUT2D eigenvalue weighted by Gasteiger charge is -2.21. The van der Waals surface area contributed by atoms with Crippen LogP contribution in [0.1, 0.15) is 28.8 Å². The van der Waals surface area contributed by atoms with Crippen molar-refractivity contribution in [3.63, 3.8) is 0 Å². The Balaban J connectivity index is 2.12. The van der Waals surface area contributed by atoms with Gasteiger partial charge in [0.1, 0.15) is 0 Å². The van der Waals surface area contributed by atoms with E-state index in [1.807, 2.05) is 5.32 Å². The van der Waals surface area contributed by atoms with E-state index in [9.17, 15) is 22.8 Å². The van der Waals surface area contributed by atoms with E-state index < -0.39 is 35.0 Å². The van der Waals surface area contributed by atoms with Crippen molar-refractivity contribution < 1.29 is 27.5 Å². The molecule has 1 aromatic heterocycles. The van der Waals surface area contributed by atoms with E-state index in [-0.39, 0.29) is 6.61 Å². The van der Waals surface area contributed by atoms with Gasteiger partial charge in [0.25, 0.3) is 5.91 Å². The number of nitrogens with zero attached hydrogens (tertiary/aromatic N) is 1. The molecule has 8 heteroatoms. The number of aromatic nitrogens is 1. The van der Waals surface area contributed by atoms with Gasteiger partial charge in [-0.3, -0.25) is 19.9 Å². The number of carbonyl (C=O) groups is 2. The van der Waals surface area contributed by atoms with Crippen LogP contribution in [0.25, 0.3) is 0 Å². The summed E-state index contributed by atoms with van der Waals surface area (Å²) < 4.78 is 43.5. The molecular weight excluding hydrogens is 289 g/mol. The lowest BCUT2D eigenvalue weighted by molar-refractivity contribution is -0.138. The number of amides is 2. The molecular formula is C13H13F3N2O3. The van der Waals surface area contributed by atoms with Crippen LogP contribution in [0.4, 0.5) is 13.2 Å². The van der Waals surface area contributed by atoms with Crippen molar-refractivity contribution >= 4 is 11.8 Å². The zero-order valence-electron chi connectivity index (χ0n) is 10.9. The average molecular weight is 302 g/mol. The Bertz CT molecular complexity index is 540. The molecule has 114 valence electrons. The van der Waals surface area contributed by atoms with Crippen LogP contribution < -0.4 is 5.32 Å². The molecule has 1 unspecified atom stereocenters. The molecule has 2 rings (SSSR count). The highest BCUT2D eigenvalue weighted by Gasteiger charge is 2.36. The predicted octanol–water partition coefficient (Wildman–Crippen LogP) is 1.78. The maximum Gasteiger partial charge on any atom is 0.417 e. The Labute approximate surface area is 118 Å². The molecule has 1 aliphatic heterocycles. The maximum atomic E-state index is 12.8. The maximum absolute atomic E-state index is 12.8. The average Bonchev–Trinajstić information content (AvgIpc) is 2.47. The van der Waals surface area contributed by atoms with Gasteiger partial charge in [-0.15, -0.1) is 0 Å². The lowest BCUT2D eigenvalue weighted by Crippen LogP contribution is -2.39. The van der Waals surface area contributed by atoms with Gasteiger partial charge in [-0.2, -0.15) is 13.2 Å². The molecule has 1 saturated heterocycles. The number of nitrogens with one attached hydrogen (secondary N) is 1. The number of rotatable bonds is 2. The minimum atomic E-state index is -4.69. The molecule has 0 aliphatic carbocycles. The van der Waals surface area contributed by atoms with Gasteiger partial charge in [0, 0.05) is 19.0 Å². The second kappa shape index (κ2) is 6.21. The summed E-state index contributed by atoms with van der Waals surface area (Å²) in [6, 6.07) is 0.698. The van der Waals surface area contributed by atoms with E-state index >= 15 is 0 Å². The van der Waals surface area contributed by atoms with Crippen molar-refractivity contribution in [3.8, 4) is 0 Å². The number of hydrogen-bond donors (Lipinski definition) is 1. The molecule has 1 fully saturated rings. The Morgan fingerprint density at radius 1 is 1.38 bits per heavy atom. The Morgan fingerprint density at radius 2 is 2.14 bits per heavy atom. The molecule has 0 radical (unpaired) electrons. The number of alkyl halides is 3. The molecule has 2 amide bonds. The van der Waals surface area contributed by atoms with E-state index in [4.69, 9.17) is 4.74 Å². The van der Waals surface area contributed by atoms with E-state index in [2.05, 4.69) is 4.98 Å². The van der Waals surface area contributed by atoms with Crippen LogP contribution in [0.5, 0.6) is 0 Å². The monoisotopic (exact) mass is 302 g/mol. The lowest BCUT2D eigenvalue weighted by atomic mass is 10.0. The Hall–Kier alpha value is -1.96. The smallest absolute Gasteiger partial charge is 0.381 e. The van der Waals surface area contributed by atoms with Crippen molar-refractivity contribution in [2.75, 3.05) is 13.2 Å². The van der Waals surface area contributed by atoms with Crippen LogP contribution in [0.3, 0.4) is 0 Å². The first-order chi connectivity index (χ1) is 9.89. The van der Waals surface area contributed by atoms with E-state index in [0.29, 0.717) is 25.5 Å². The van der Waals surface area contributed by atoms with Gasteiger partial charge in [-0.25, -0.2) is 0 Å². The van der Waals surface area contributed by atoms with Crippen LogP contribution in [0, 0.1) is 5.92 Å². The van der Waals surface area contributed by atoms with Gasteiger partial charge in [0.05, 0.1) is 23.7 Å². The van der Waals surface area contributed by atoms with Gasteiger partial charge in [0.15, 0.2) is 0 Å². The molecule has 21 heavy (non-hydrogen) atoms. The summed E-state index contributed by atoms with van der Waals surface area (Å²) in [6.07, 6.45) is -1.74. The van der Waals surface area contributed by atoms with Crippen LogP contribution in [0.2, 0.25) is 0 Å². The zero-order chi connectivity index (χ0) is 15.5. The van der Waals surface area contributed by atoms with Gasteiger partial charge >= 0.3 is 6.18 Å². The fourth-order valence-corrected chi connectivity index (χ4v) is 2.05. The van der Waals surface area contributed by atoms with E-state index in [1.165, 1.54) is 0 Å². The fraction of sp³-hybridized carbons (Fsp3) is 0.462. The van der Waals surface area contributed by atoms with E-state index in [0.717, 1.165) is 12.4 Å². The highest BCUT2D eigenvalue weighted by atomic mass is 19.4. The molecule has 1 atom stereocenters. The number of pyridine rings is 1.